The monoisotopic (exact) mass is 396 g/mol. The number of carbonyl (C=O) groups excluding carboxylic acids is 1. The molecule has 1 fully saturated rings. The number of hydrogen-bond acceptors (Lipinski definition) is 5. The van der Waals surface area contributed by atoms with E-state index < -0.39 is 12.1 Å². The molecule has 0 radical (unpaired) electrons. The van der Waals surface area contributed by atoms with E-state index in [1.54, 1.807) is 24.3 Å². The Bertz CT molecular complexity index is 998. The minimum Gasteiger partial charge on any atom is -0.479 e. The van der Waals surface area contributed by atoms with E-state index in [-0.39, 0.29) is 5.91 Å². The van der Waals surface area contributed by atoms with Crippen molar-refractivity contribution in [2.75, 3.05) is 0 Å². The van der Waals surface area contributed by atoms with Gasteiger partial charge in [0.1, 0.15) is 5.75 Å². The van der Waals surface area contributed by atoms with Crippen LogP contribution in [-0.2, 0) is 9.59 Å². The van der Waals surface area contributed by atoms with E-state index >= 15 is 0 Å². The van der Waals surface area contributed by atoms with Crippen molar-refractivity contribution in [3.63, 3.8) is 0 Å². The first kappa shape index (κ1) is 19.7. The summed E-state index contributed by atoms with van der Waals surface area (Å²) in [6.07, 6.45) is 0.771. The highest BCUT2D eigenvalue weighted by Crippen LogP contribution is 2.30. The van der Waals surface area contributed by atoms with E-state index in [9.17, 15) is 9.59 Å². The molecule has 6 nitrogen and oxygen atoms in total. The number of thioether (sulfide) groups is 1. The fourth-order valence-corrected chi connectivity index (χ4v) is 3.35. The average Bonchev–Trinajstić information content (AvgIpc) is 2.97. The first-order valence-electron chi connectivity index (χ1n) is 8.68. The highest BCUT2D eigenvalue weighted by molar-refractivity contribution is 8.18. The lowest BCUT2D eigenvalue weighted by molar-refractivity contribution is -0.144. The van der Waals surface area contributed by atoms with E-state index in [0.717, 1.165) is 22.4 Å². The van der Waals surface area contributed by atoms with Gasteiger partial charge in [0, 0.05) is 0 Å². The predicted molar refractivity (Wildman–Crippen MR) is 111 cm³/mol. The Morgan fingerprint density at radius 1 is 1.25 bits per heavy atom. The average molecular weight is 396 g/mol. The molecule has 0 spiro atoms. The first-order valence-corrected chi connectivity index (χ1v) is 9.50. The molecule has 1 unspecified atom stereocenters. The van der Waals surface area contributed by atoms with Crippen molar-refractivity contribution in [2.24, 2.45) is 4.99 Å². The summed E-state index contributed by atoms with van der Waals surface area (Å²) in [5.74, 6) is -0.835. The zero-order valence-electron chi connectivity index (χ0n) is 15.7. The van der Waals surface area contributed by atoms with Crippen molar-refractivity contribution in [2.45, 2.75) is 26.9 Å². The van der Waals surface area contributed by atoms with Crippen LogP contribution in [-0.4, -0.2) is 28.3 Å². The fraction of sp³-hybridized carbons (Fsp3) is 0.190. The Hall–Kier alpha value is -3.06. The SMILES string of the molecule is Cc1ccc(C)c(N=C2NC(=O)/C(=C\c3cccc(OC(C)C(=O)O)c3)S2)c1. The highest BCUT2D eigenvalue weighted by atomic mass is 32.2. The molecule has 0 bridgehead atoms. The molecule has 1 saturated heterocycles. The number of nitrogens with zero attached hydrogens (tertiary/aromatic N) is 1. The summed E-state index contributed by atoms with van der Waals surface area (Å²) in [6.45, 7) is 5.43. The highest BCUT2D eigenvalue weighted by Gasteiger charge is 2.24. The summed E-state index contributed by atoms with van der Waals surface area (Å²) < 4.78 is 5.37. The molecule has 1 heterocycles. The third kappa shape index (κ3) is 4.80. The molecule has 1 atom stereocenters. The number of carbonyl (C=O) groups is 2. The number of ether oxygens (including phenoxy) is 1. The Balaban J connectivity index is 1.80. The molecule has 2 aromatic carbocycles. The summed E-state index contributed by atoms with van der Waals surface area (Å²) in [5, 5.41) is 12.3. The second kappa shape index (κ2) is 8.31. The number of benzene rings is 2. The topological polar surface area (TPSA) is 88.0 Å². The van der Waals surface area contributed by atoms with E-state index in [1.165, 1.54) is 18.7 Å². The molecule has 144 valence electrons. The van der Waals surface area contributed by atoms with Gasteiger partial charge in [0.05, 0.1) is 10.6 Å². The number of aliphatic imine (C=N–C) groups is 1. The summed E-state index contributed by atoms with van der Waals surface area (Å²) in [4.78, 5) is 28.3. The Kier molecular flexibility index (Phi) is 5.84. The fourth-order valence-electron chi connectivity index (χ4n) is 2.51. The van der Waals surface area contributed by atoms with Crippen molar-refractivity contribution in [3.05, 3.63) is 64.1 Å². The molecule has 1 aliphatic rings. The molecule has 28 heavy (non-hydrogen) atoms. The van der Waals surface area contributed by atoms with Crippen LogP contribution in [0.3, 0.4) is 0 Å². The minimum atomic E-state index is -1.04. The van der Waals surface area contributed by atoms with Gasteiger partial charge in [-0.25, -0.2) is 9.79 Å². The van der Waals surface area contributed by atoms with Crippen molar-refractivity contribution in [1.82, 2.24) is 5.32 Å². The molecule has 2 aromatic rings. The number of nitrogens with one attached hydrogen (secondary N) is 1. The zero-order valence-corrected chi connectivity index (χ0v) is 16.5. The van der Waals surface area contributed by atoms with Gasteiger partial charge in [-0.15, -0.1) is 0 Å². The van der Waals surface area contributed by atoms with Crippen LogP contribution in [0.1, 0.15) is 23.6 Å². The molecular weight excluding hydrogens is 376 g/mol. The van der Waals surface area contributed by atoms with Gasteiger partial charge >= 0.3 is 5.97 Å². The second-order valence-corrected chi connectivity index (χ2v) is 7.47. The summed E-state index contributed by atoms with van der Waals surface area (Å²) >= 11 is 1.26. The Morgan fingerprint density at radius 2 is 2.04 bits per heavy atom. The number of hydrogen-bond donors (Lipinski definition) is 2. The lowest BCUT2D eigenvalue weighted by atomic mass is 10.1. The number of aryl methyl sites for hydroxylation is 2. The molecule has 3 rings (SSSR count). The molecule has 0 aliphatic carbocycles. The smallest absolute Gasteiger partial charge is 0.344 e. The molecule has 7 heteroatoms. The number of amidine groups is 1. The van der Waals surface area contributed by atoms with Crippen LogP contribution in [0, 0.1) is 13.8 Å². The van der Waals surface area contributed by atoms with Crippen molar-refractivity contribution < 1.29 is 19.4 Å². The van der Waals surface area contributed by atoms with Gasteiger partial charge < -0.3 is 15.2 Å². The van der Waals surface area contributed by atoms with E-state index in [2.05, 4.69) is 10.3 Å². The van der Waals surface area contributed by atoms with Gasteiger partial charge in [0.2, 0.25) is 0 Å². The van der Waals surface area contributed by atoms with Crippen LogP contribution >= 0.6 is 11.8 Å². The zero-order chi connectivity index (χ0) is 20.3. The number of carboxylic acids is 1. The van der Waals surface area contributed by atoms with Gasteiger partial charge in [-0.3, -0.25) is 4.79 Å². The normalized spacial score (nSPS) is 17.6. The van der Waals surface area contributed by atoms with Crippen LogP contribution < -0.4 is 10.1 Å². The maximum absolute atomic E-state index is 12.3. The van der Waals surface area contributed by atoms with Crippen LogP contribution in [0.2, 0.25) is 0 Å². The molecule has 0 saturated carbocycles. The predicted octanol–water partition coefficient (Wildman–Crippen LogP) is 4.05. The van der Waals surface area contributed by atoms with Gasteiger partial charge in [0.25, 0.3) is 5.91 Å². The summed E-state index contributed by atoms with van der Waals surface area (Å²) in [5.41, 5.74) is 3.69. The third-order valence-electron chi connectivity index (χ3n) is 4.05. The van der Waals surface area contributed by atoms with Crippen molar-refractivity contribution >= 4 is 40.6 Å². The first-order chi connectivity index (χ1) is 13.3. The Labute approximate surface area is 167 Å². The maximum Gasteiger partial charge on any atom is 0.344 e. The number of aliphatic carboxylic acids is 1. The van der Waals surface area contributed by atoms with Gasteiger partial charge in [-0.05, 0) is 73.5 Å². The molecule has 1 amide bonds. The number of amides is 1. The molecule has 2 N–H and O–H groups in total. The van der Waals surface area contributed by atoms with Gasteiger partial charge in [-0.1, -0.05) is 24.3 Å². The van der Waals surface area contributed by atoms with E-state index in [4.69, 9.17) is 9.84 Å². The largest absolute Gasteiger partial charge is 0.479 e. The number of rotatable bonds is 5. The summed E-state index contributed by atoms with van der Waals surface area (Å²) in [7, 11) is 0. The van der Waals surface area contributed by atoms with Crippen LogP contribution in [0.25, 0.3) is 6.08 Å². The van der Waals surface area contributed by atoms with E-state index in [0.29, 0.717) is 15.8 Å². The lowest BCUT2D eigenvalue weighted by Crippen LogP contribution is -2.22. The van der Waals surface area contributed by atoms with Gasteiger partial charge in [-0.2, -0.15) is 0 Å². The van der Waals surface area contributed by atoms with E-state index in [1.807, 2.05) is 38.1 Å². The lowest BCUT2D eigenvalue weighted by Gasteiger charge is -2.10. The third-order valence-corrected chi connectivity index (χ3v) is 4.96. The second-order valence-electron chi connectivity index (χ2n) is 6.44. The van der Waals surface area contributed by atoms with Crippen LogP contribution in [0.15, 0.2) is 52.4 Å². The molecular formula is C21H20N2O4S. The Morgan fingerprint density at radius 3 is 2.79 bits per heavy atom. The van der Waals surface area contributed by atoms with Crippen LogP contribution in [0.5, 0.6) is 5.75 Å². The minimum absolute atomic E-state index is 0.223. The van der Waals surface area contributed by atoms with Crippen molar-refractivity contribution in [1.29, 1.82) is 0 Å². The maximum atomic E-state index is 12.3. The van der Waals surface area contributed by atoms with Crippen LogP contribution in [0.4, 0.5) is 5.69 Å². The quantitative estimate of drug-likeness (QED) is 0.745. The molecule has 1 aliphatic heterocycles. The van der Waals surface area contributed by atoms with Crippen molar-refractivity contribution in [3.8, 4) is 5.75 Å². The van der Waals surface area contributed by atoms with Gasteiger partial charge in [0.15, 0.2) is 11.3 Å². The number of carboxylic acid groups (broad SMARTS) is 1. The summed E-state index contributed by atoms with van der Waals surface area (Å²) in [6, 6.07) is 12.9. The standard InChI is InChI=1S/C21H20N2O4S/c1-12-7-8-13(2)17(9-12)22-21-23-19(24)18(28-21)11-15-5-4-6-16(10-15)27-14(3)20(25)26/h4-11,14H,1-3H3,(H,25,26)(H,22,23,24)/b18-11+. The molecule has 0 aromatic heterocycles.